The Morgan fingerprint density at radius 2 is 2.00 bits per heavy atom. The molecule has 110 valence electrons. The lowest BCUT2D eigenvalue weighted by molar-refractivity contribution is -0.217. The summed E-state index contributed by atoms with van der Waals surface area (Å²) in [6.07, 6.45) is -10.6. The van der Waals surface area contributed by atoms with Gasteiger partial charge in [0.05, 0.1) is 0 Å². The zero-order valence-electron chi connectivity index (χ0n) is 9.82. The van der Waals surface area contributed by atoms with Gasteiger partial charge in [0, 0.05) is 5.56 Å². The minimum atomic E-state index is -4.85. The van der Waals surface area contributed by atoms with E-state index in [0.29, 0.717) is 0 Å². The zero-order valence-corrected chi connectivity index (χ0v) is 9.82. The van der Waals surface area contributed by atoms with Gasteiger partial charge in [-0.3, -0.25) is 4.79 Å². The van der Waals surface area contributed by atoms with Crippen molar-refractivity contribution in [2.45, 2.75) is 25.1 Å². The average Bonchev–Trinajstić information content (AvgIpc) is 2.35. The summed E-state index contributed by atoms with van der Waals surface area (Å²) < 4.78 is 67.9. The lowest BCUT2D eigenvalue weighted by Crippen LogP contribution is -2.47. The lowest BCUT2D eigenvalue weighted by atomic mass is 9.89. The van der Waals surface area contributed by atoms with Crippen LogP contribution < -0.4 is 4.74 Å². The van der Waals surface area contributed by atoms with E-state index in [0.717, 1.165) is 18.2 Å². The number of fused-ring (bicyclic) bond motifs is 1. The van der Waals surface area contributed by atoms with Crippen LogP contribution in [0.4, 0.5) is 22.0 Å². The van der Waals surface area contributed by atoms with Crippen LogP contribution in [0.2, 0.25) is 0 Å². The maximum Gasteiger partial charge on any atom is 0.426 e. The van der Waals surface area contributed by atoms with Crippen molar-refractivity contribution in [3.8, 4) is 5.75 Å². The summed E-state index contributed by atoms with van der Waals surface area (Å²) >= 11 is 0. The summed E-state index contributed by atoms with van der Waals surface area (Å²) in [5, 5.41) is 8.85. The number of carboxylic acids is 1. The highest BCUT2D eigenvalue weighted by molar-refractivity contribution is 5.72. The van der Waals surface area contributed by atoms with E-state index in [2.05, 4.69) is 4.74 Å². The summed E-state index contributed by atoms with van der Waals surface area (Å²) in [5.74, 6) is -3.75. The number of hydrogen-bond donors (Lipinski definition) is 1. The molecule has 2 rings (SSSR count). The van der Waals surface area contributed by atoms with Crippen molar-refractivity contribution in [1.82, 2.24) is 0 Å². The summed E-state index contributed by atoms with van der Waals surface area (Å²) in [7, 11) is 0. The monoisotopic (exact) mass is 296 g/mol. The molecule has 1 aliphatic heterocycles. The van der Waals surface area contributed by atoms with Gasteiger partial charge in [-0.15, -0.1) is 0 Å². The number of carboxylic acid groups (broad SMARTS) is 1. The van der Waals surface area contributed by atoms with Gasteiger partial charge in [-0.1, -0.05) is 0 Å². The third-order valence-corrected chi connectivity index (χ3v) is 3.04. The predicted molar refractivity (Wildman–Crippen MR) is 56.7 cm³/mol. The second kappa shape index (κ2) is 4.92. The number of benzene rings is 1. The number of halogens is 5. The molecule has 0 bridgehead atoms. The highest BCUT2D eigenvalue weighted by atomic mass is 19.4. The molecule has 1 aliphatic rings. The Hall–Kier alpha value is -1.86. The van der Waals surface area contributed by atoms with E-state index in [1.165, 1.54) is 0 Å². The Morgan fingerprint density at radius 3 is 2.50 bits per heavy atom. The van der Waals surface area contributed by atoms with Gasteiger partial charge in [0.25, 0.3) is 6.43 Å². The number of alkyl halides is 5. The van der Waals surface area contributed by atoms with E-state index in [-0.39, 0.29) is 16.9 Å². The van der Waals surface area contributed by atoms with Crippen molar-refractivity contribution in [3.63, 3.8) is 0 Å². The van der Waals surface area contributed by atoms with E-state index in [9.17, 15) is 26.7 Å². The zero-order chi connectivity index (χ0) is 15.1. The van der Waals surface area contributed by atoms with E-state index < -0.39 is 37.0 Å². The Morgan fingerprint density at radius 1 is 1.35 bits per heavy atom. The largest absolute Gasteiger partial charge is 0.481 e. The topological polar surface area (TPSA) is 46.5 Å². The second-order valence-electron chi connectivity index (χ2n) is 4.40. The van der Waals surface area contributed by atoms with E-state index in [1.807, 2.05) is 0 Å². The molecule has 3 nitrogen and oxygen atoms in total. The molecule has 1 aromatic rings. The first kappa shape index (κ1) is 14.5. The van der Waals surface area contributed by atoms with Crippen LogP contribution in [-0.2, 0) is 11.2 Å². The van der Waals surface area contributed by atoms with Crippen LogP contribution in [0.15, 0.2) is 18.2 Å². The summed E-state index contributed by atoms with van der Waals surface area (Å²) in [6.45, 7) is 0. The van der Waals surface area contributed by atoms with Crippen molar-refractivity contribution in [3.05, 3.63) is 29.3 Å². The molecule has 1 heterocycles. The van der Waals surface area contributed by atoms with Crippen LogP contribution in [-0.4, -0.2) is 23.4 Å². The maximum absolute atomic E-state index is 12.7. The average molecular weight is 296 g/mol. The number of hydrogen-bond acceptors (Lipinski definition) is 2. The van der Waals surface area contributed by atoms with Gasteiger partial charge in [-0.05, 0) is 30.2 Å². The predicted octanol–water partition coefficient (Wildman–Crippen LogP) is 3.19. The molecule has 1 N–H and O–H groups in total. The van der Waals surface area contributed by atoms with Crippen LogP contribution in [0, 0.1) is 5.92 Å². The van der Waals surface area contributed by atoms with E-state index in [1.54, 1.807) is 0 Å². The minimum absolute atomic E-state index is 0.0377. The van der Waals surface area contributed by atoms with Gasteiger partial charge in [0.2, 0.25) is 6.10 Å². The van der Waals surface area contributed by atoms with Crippen LogP contribution in [0.1, 0.15) is 17.6 Å². The number of carbonyl (C=O) groups is 1. The molecule has 0 spiro atoms. The standard InChI is InChI=1S/C12H9F5O3/c13-10(14)5-1-2-8-6(3-5)4-7(11(18)19)9(20-8)12(15,16)17/h1-3,7,9-10H,4H2,(H,18,19)/t7-,9+/m1/s1. The highest BCUT2D eigenvalue weighted by Gasteiger charge is 2.52. The molecule has 0 saturated carbocycles. The van der Waals surface area contributed by atoms with Crippen molar-refractivity contribution in [2.24, 2.45) is 5.92 Å². The van der Waals surface area contributed by atoms with Gasteiger partial charge in [0.1, 0.15) is 11.7 Å². The molecule has 0 radical (unpaired) electrons. The molecule has 20 heavy (non-hydrogen) atoms. The fourth-order valence-corrected chi connectivity index (χ4v) is 2.08. The molecule has 0 saturated heterocycles. The summed E-state index contributed by atoms with van der Waals surface area (Å²) in [6, 6.07) is 2.94. The fraction of sp³-hybridized carbons (Fsp3) is 0.417. The Labute approximate surface area is 110 Å². The second-order valence-corrected chi connectivity index (χ2v) is 4.40. The lowest BCUT2D eigenvalue weighted by Gasteiger charge is -2.32. The minimum Gasteiger partial charge on any atom is -0.481 e. The van der Waals surface area contributed by atoms with E-state index >= 15 is 0 Å². The molecule has 0 unspecified atom stereocenters. The molecule has 0 fully saturated rings. The molecule has 0 aliphatic carbocycles. The Kier molecular flexibility index (Phi) is 3.58. The number of ether oxygens (including phenoxy) is 1. The Balaban J connectivity index is 2.40. The third-order valence-electron chi connectivity index (χ3n) is 3.04. The van der Waals surface area contributed by atoms with Gasteiger partial charge in [-0.25, -0.2) is 8.78 Å². The third kappa shape index (κ3) is 2.68. The molecule has 0 aromatic heterocycles. The molecular weight excluding hydrogens is 287 g/mol. The first-order valence-electron chi connectivity index (χ1n) is 5.57. The summed E-state index contributed by atoms with van der Waals surface area (Å²) in [5.41, 5.74) is -0.349. The molecule has 1 aromatic carbocycles. The first-order chi connectivity index (χ1) is 9.20. The smallest absolute Gasteiger partial charge is 0.426 e. The maximum atomic E-state index is 12.7. The van der Waals surface area contributed by atoms with Gasteiger partial charge in [0.15, 0.2) is 0 Å². The first-order valence-corrected chi connectivity index (χ1v) is 5.57. The van der Waals surface area contributed by atoms with Gasteiger partial charge < -0.3 is 9.84 Å². The quantitative estimate of drug-likeness (QED) is 0.853. The number of aliphatic carboxylic acids is 1. The van der Waals surface area contributed by atoms with Crippen molar-refractivity contribution >= 4 is 5.97 Å². The number of rotatable bonds is 2. The molecule has 8 heteroatoms. The fourth-order valence-electron chi connectivity index (χ4n) is 2.08. The van der Waals surface area contributed by atoms with Crippen LogP contribution in [0.3, 0.4) is 0 Å². The SMILES string of the molecule is O=C(O)[C@@H]1Cc2cc(C(F)F)ccc2O[C@@H]1C(F)(F)F. The molecule has 2 atom stereocenters. The van der Waals surface area contributed by atoms with Crippen molar-refractivity contribution < 1.29 is 36.6 Å². The molecule has 0 amide bonds. The highest BCUT2D eigenvalue weighted by Crippen LogP contribution is 2.39. The van der Waals surface area contributed by atoms with Gasteiger partial charge >= 0.3 is 12.1 Å². The van der Waals surface area contributed by atoms with Crippen LogP contribution in [0.25, 0.3) is 0 Å². The van der Waals surface area contributed by atoms with Crippen LogP contribution >= 0.6 is 0 Å². The van der Waals surface area contributed by atoms with Crippen LogP contribution in [0.5, 0.6) is 5.75 Å². The normalized spacial score (nSPS) is 22.3. The Bertz CT molecular complexity index is 526. The van der Waals surface area contributed by atoms with Gasteiger partial charge in [-0.2, -0.15) is 13.2 Å². The van der Waals surface area contributed by atoms with Crippen molar-refractivity contribution in [2.75, 3.05) is 0 Å². The van der Waals surface area contributed by atoms with Crippen molar-refractivity contribution in [1.29, 1.82) is 0 Å². The summed E-state index contributed by atoms with van der Waals surface area (Å²) in [4.78, 5) is 10.9. The molecular formula is C12H9F5O3. The van der Waals surface area contributed by atoms with E-state index in [4.69, 9.17) is 5.11 Å².